The molecule has 0 bridgehead atoms. The van der Waals surface area contributed by atoms with Crippen LogP contribution in [0.4, 0.5) is 11.6 Å². The molecule has 0 atom stereocenters. The average molecular weight is 232 g/mol. The van der Waals surface area contributed by atoms with E-state index in [0.29, 0.717) is 6.54 Å². The van der Waals surface area contributed by atoms with E-state index in [-0.39, 0.29) is 0 Å². The second kappa shape index (κ2) is 5.34. The first-order valence-electron chi connectivity index (χ1n) is 5.62. The molecule has 0 aliphatic rings. The lowest BCUT2D eigenvalue weighted by Crippen LogP contribution is -2.05. The van der Waals surface area contributed by atoms with Gasteiger partial charge in [-0.1, -0.05) is 6.92 Å². The van der Waals surface area contributed by atoms with Gasteiger partial charge in [0, 0.05) is 31.6 Å². The zero-order valence-corrected chi connectivity index (χ0v) is 10.0. The summed E-state index contributed by atoms with van der Waals surface area (Å²) in [4.78, 5) is 8.74. The van der Waals surface area contributed by atoms with Crippen molar-refractivity contribution in [2.75, 3.05) is 17.7 Å². The molecule has 5 heteroatoms. The maximum atomic E-state index is 5.01. The van der Waals surface area contributed by atoms with Crippen LogP contribution < -0.4 is 10.6 Å². The molecule has 2 rings (SSSR count). The first-order valence-corrected chi connectivity index (χ1v) is 5.62. The van der Waals surface area contributed by atoms with Crippen molar-refractivity contribution in [1.29, 1.82) is 0 Å². The Bertz CT molecular complexity index is 445. The van der Waals surface area contributed by atoms with Gasteiger partial charge in [-0.3, -0.25) is 0 Å². The van der Waals surface area contributed by atoms with Crippen LogP contribution >= 0.6 is 0 Å². The largest absolute Gasteiger partial charge is 0.472 e. The molecule has 0 aromatic carbocycles. The summed E-state index contributed by atoms with van der Waals surface area (Å²) in [6.45, 7) is 2.73. The van der Waals surface area contributed by atoms with Crippen LogP contribution in [0.25, 0.3) is 0 Å². The topological polar surface area (TPSA) is 63.0 Å². The van der Waals surface area contributed by atoms with Crippen molar-refractivity contribution in [3.05, 3.63) is 36.0 Å². The fourth-order valence-corrected chi connectivity index (χ4v) is 1.46. The Morgan fingerprint density at radius 3 is 2.76 bits per heavy atom. The van der Waals surface area contributed by atoms with Crippen LogP contribution in [0.15, 0.2) is 29.1 Å². The highest BCUT2D eigenvalue weighted by Crippen LogP contribution is 2.12. The van der Waals surface area contributed by atoms with Gasteiger partial charge in [0.1, 0.15) is 17.5 Å². The van der Waals surface area contributed by atoms with Crippen LogP contribution in [0.2, 0.25) is 0 Å². The van der Waals surface area contributed by atoms with Gasteiger partial charge in [-0.25, -0.2) is 9.97 Å². The molecule has 2 aromatic rings. The molecule has 0 fully saturated rings. The molecule has 2 N–H and O–H groups in total. The highest BCUT2D eigenvalue weighted by molar-refractivity contribution is 5.47. The van der Waals surface area contributed by atoms with Gasteiger partial charge in [-0.2, -0.15) is 0 Å². The zero-order valence-electron chi connectivity index (χ0n) is 10.0. The Hall–Kier alpha value is -2.04. The quantitative estimate of drug-likeness (QED) is 0.828. The minimum absolute atomic E-state index is 0.694. The molecule has 0 saturated heterocycles. The van der Waals surface area contributed by atoms with E-state index in [9.17, 15) is 0 Å². The number of hydrogen-bond acceptors (Lipinski definition) is 5. The number of nitrogens with one attached hydrogen (secondary N) is 2. The third-order valence-electron chi connectivity index (χ3n) is 2.40. The summed E-state index contributed by atoms with van der Waals surface area (Å²) in [5.41, 5.74) is 1.09. The summed E-state index contributed by atoms with van der Waals surface area (Å²) in [5.74, 6) is 2.47. The Morgan fingerprint density at radius 2 is 2.12 bits per heavy atom. The van der Waals surface area contributed by atoms with Crippen LogP contribution in [0.5, 0.6) is 0 Å². The molecule has 5 nitrogen and oxygen atoms in total. The third-order valence-corrected chi connectivity index (χ3v) is 2.40. The Labute approximate surface area is 100 Å². The molecule has 0 aliphatic carbocycles. The minimum atomic E-state index is 0.694. The smallest absolute Gasteiger partial charge is 0.132 e. The van der Waals surface area contributed by atoms with Crippen LogP contribution in [0.3, 0.4) is 0 Å². The molecule has 0 saturated carbocycles. The molecule has 90 valence electrons. The van der Waals surface area contributed by atoms with Gasteiger partial charge in [0.2, 0.25) is 0 Å². The molecule has 0 spiro atoms. The molecule has 0 aliphatic heterocycles. The summed E-state index contributed by atoms with van der Waals surface area (Å²) in [5, 5.41) is 6.27. The van der Waals surface area contributed by atoms with E-state index in [4.69, 9.17) is 4.42 Å². The lowest BCUT2D eigenvalue weighted by Gasteiger charge is -2.08. The standard InChI is InChI=1S/C12H16N4O/c1-3-10-15-11(13-2)6-12(16-10)14-7-9-4-5-17-8-9/h4-6,8H,3,7H2,1-2H3,(H2,13,14,15,16). The molecular formula is C12H16N4O. The van der Waals surface area contributed by atoms with E-state index in [1.54, 1.807) is 12.5 Å². The highest BCUT2D eigenvalue weighted by Gasteiger charge is 2.02. The number of aryl methyl sites for hydroxylation is 1. The summed E-state index contributed by atoms with van der Waals surface area (Å²) in [6, 6.07) is 3.81. The Balaban J connectivity index is 2.09. The van der Waals surface area contributed by atoms with Gasteiger partial charge in [-0.05, 0) is 6.07 Å². The lowest BCUT2D eigenvalue weighted by atomic mass is 10.3. The lowest BCUT2D eigenvalue weighted by molar-refractivity contribution is 0.564. The van der Waals surface area contributed by atoms with Gasteiger partial charge in [0.05, 0.1) is 12.5 Å². The van der Waals surface area contributed by atoms with Crippen molar-refractivity contribution in [3.8, 4) is 0 Å². The molecule has 0 radical (unpaired) electrons. The fraction of sp³-hybridized carbons (Fsp3) is 0.333. The van der Waals surface area contributed by atoms with Crippen molar-refractivity contribution in [1.82, 2.24) is 9.97 Å². The molecular weight excluding hydrogens is 216 g/mol. The normalized spacial score (nSPS) is 10.2. The van der Waals surface area contributed by atoms with E-state index in [1.807, 2.05) is 26.1 Å². The summed E-state index contributed by atoms with van der Waals surface area (Å²) >= 11 is 0. The molecule has 0 amide bonds. The van der Waals surface area contributed by atoms with Crippen LogP contribution in [0, 0.1) is 0 Å². The minimum Gasteiger partial charge on any atom is -0.472 e. The zero-order chi connectivity index (χ0) is 12.1. The van der Waals surface area contributed by atoms with E-state index in [2.05, 4.69) is 20.6 Å². The molecule has 2 aromatic heterocycles. The van der Waals surface area contributed by atoms with E-state index in [1.165, 1.54) is 0 Å². The Morgan fingerprint density at radius 1 is 1.29 bits per heavy atom. The highest BCUT2D eigenvalue weighted by atomic mass is 16.3. The maximum Gasteiger partial charge on any atom is 0.132 e. The third kappa shape index (κ3) is 2.96. The van der Waals surface area contributed by atoms with Gasteiger partial charge >= 0.3 is 0 Å². The van der Waals surface area contributed by atoms with Gasteiger partial charge in [0.25, 0.3) is 0 Å². The van der Waals surface area contributed by atoms with Crippen molar-refractivity contribution in [2.24, 2.45) is 0 Å². The number of furan rings is 1. The van der Waals surface area contributed by atoms with Crippen molar-refractivity contribution in [3.63, 3.8) is 0 Å². The van der Waals surface area contributed by atoms with E-state index >= 15 is 0 Å². The number of anilines is 2. The second-order valence-corrected chi connectivity index (χ2v) is 3.64. The Kier molecular flexibility index (Phi) is 3.59. The van der Waals surface area contributed by atoms with E-state index in [0.717, 1.165) is 29.4 Å². The van der Waals surface area contributed by atoms with E-state index < -0.39 is 0 Å². The number of hydrogen-bond donors (Lipinski definition) is 2. The van der Waals surface area contributed by atoms with Crippen molar-refractivity contribution < 1.29 is 4.42 Å². The van der Waals surface area contributed by atoms with Gasteiger partial charge < -0.3 is 15.1 Å². The monoisotopic (exact) mass is 232 g/mol. The number of nitrogens with zero attached hydrogens (tertiary/aromatic N) is 2. The first-order chi connectivity index (χ1) is 8.31. The summed E-state index contributed by atoms with van der Waals surface area (Å²) in [7, 11) is 1.85. The molecule has 17 heavy (non-hydrogen) atoms. The van der Waals surface area contributed by atoms with Gasteiger partial charge in [-0.15, -0.1) is 0 Å². The van der Waals surface area contributed by atoms with Crippen LogP contribution in [0.1, 0.15) is 18.3 Å². The second-order valence-electron chi connectivity index (χ2n) is 3.64. The van der Waals surface area contributed by atoms with Crippen LogP contribution in [-0.2, 0) is 13.0 Å². The average Bonchev–Trinajstić information content (AvgIpc) is 2.89. The SMILES string of the molecule is CCc1nc(NC)cc(NCc2ccoc2)n1. The number of rotatable bonds is 5. The summed E-state index contributed by atoms with van der Waals surface area (Å²) in [6.07, 6.45) is 4.19. The maximum absolute atomic E-state index is 5.01. The fourth-order valence-electron chi connectivity index (χ4n) is 1.46. The predicted octanol–water partition coefficient (Wildman–Crippen LogP) is 2.29. The van der Waals surface area contributed by atoms with Crippen molar-refractivity contribution >= 4 is 11.6 Å². The van der Waals surface area contributed by atoms with Crippen molar-refractivity contribution in [2.45, 2.75) is 19.9 Å². The van der Waals surface area contributed by atoms with Gasteiger partial charge in [0.15, 0.2) is 0 Å². The molecule has 0 unspecified atom stereocenters. The first kappa shape index (κ1) is 11.4. The number of aromatic nitrogens is 2. The predicted molar refractivity (Wildman–Crippen MR) is 67.0 cm³/mol. The van der Waals surface area contributed by atoms with Crippen LogP contribution in [-0.4, -0.2) is 17.0 Å². The summed E-state index contributed by atoms with van der Waals surface area (Å²) < 4.78 is 5.01. The molecule has 2 heterocycles.